The summed E-state index contributed by atoms with van der Waals surface area (Å²) in [5.74, 6) is 0. The average Bonchev–Trinajstić information content (AvgIpc) is 2.69. The molecule has 4 heteroatoms. The Hall–Kier alpha value is -1.68. The molecule has 2 N–H and O–H groups in total. The lowest BCUT2D eigenvalue weighted by Gasteiger charge is -2.12. The molecule has 84 valence electrons. The maximum Gasteiger partial charge on any atom is 0.0951 e. The van der Waals surface area contributed by atoms with Gasteiger partial charge in [-0.3, -0.25) is 4.98 Å². The van der Waals surface area contributed by atoms with Crippen molar-refractivity contribution in [1.82, 2.24) is 14.5 Å². The molecule has 0 spiro atoms. The van der Waals surface area contributed by atoms with Crippen molar-refractivity contribution >= 4 is 0 Å². The Morgan fingerprint density at radius 2 is 2.19 bits per heavy atom. The summed E-state index contributed by atoms with van der Waals surface area (Å²) in [5, 5.41) is 0. The van der Waals surface area contributed by atoms with E-state index in [1.54, 1.807) is 0 Å². The van der Waals surface area contributed by atoms with Gasteiger partial charge in [-0.15, -0.1) is 0 Å². The first-order valence-electron chi connectivity index (χ1n) is 5.33. The lowest BCUT2D eigenvalue weighted by molar-refractivity contribution is 0.672. The summed E-state index contributed by atoms with van der Waals surface area (Å²) in [4.78, 5) is 8.22. The third-order valence-electron chi connectivity index (χ3n) is 2.69. The molecule has 0 saturated heterocycles. The zero-order valence-corrected chi connectivity index (χ0v) is 9.59. The lowest BCUT2D eigenvalue weighted by atomic mass is 10.1. The van der Waals surface area contributed by atoms with E-state index in [0.29, 0.717) is 0 Å². The molecule has 0 bridgehead atoms. The van der Waals surface area contributed by atoms with Crippen molar-refractivity contribution in [3.05, 3.63) is 47.8 Å². The molecule has 0 aliphatic carbocycles. The molecule has 0 aliphatic rings. The van der Waals surface area contributed by atoms with E-state index < -0.39 is 0 Å². The first kappa shape index (κ1) is 10.8. The fourth-order valence-electron chi connectivity index (χ4n) is 1.71. The van der Waals surface area contributed by atoms with Gasteiger partial charge in [0.1, 0.15) is 0 Å². The number of imidazole rings is 1. The highest BCUT2D eigenvalue weighted by molar-refractivity contribution is 5.22. The Kier molecular flexibility index (Phi) is 3.01. The Bertz CT molecular complexity index is 473. The van der Waals surface area contributed by atoms with E-state index in [0.717, 1.165) is 12.2 Å². The van der Waals surface area contributed by atoms with Crippen LogP contribution in [0.2, 0.25) is 0 Å². The zero-order valence-electron chi connectivity index (χ0n) is 9.59. The van der Waals surface area contributed by atoms with Crippen LogP contribution in [0.4, 0.5) is 0 Å². The van der Waals surface area contributed by atoms with E-state index in [2.05, 4.69) is 21.5 Å². The normalized spacial score (nSPS) is 12.7. The second-order valence-corrected chi connectivity index (χ2v) is 4.04. The van der Waals surface area contributed by atoms with Crippen LogP contribution in [0.3, 0.4) is 0 Å². The molecule has 0 amide bonds. The lowest BCUT2D eigenvalue weighted by Crippen LogP contribution is -2.12. The van der Waals surface area contributed by atoms with Gasteiger partial charge in [-0.05, 0) is 31.0 Å². The number of nitrogens with zero attached hydrogens (tertiary/aromatic N) is 3. The van der Waals surface area contributed by atoms with E-state index in [1.165, 1.54) is 11.1 Å². The number of aryl methyl sites for hydroxylation is 1. The average molecular weight is 216 g/mol. The monoisotopic (exact) mass is 216 g/mol. The summed E-state index contributed by atoms with van der Waals surface area (Å²) in [6.07, 6.45) is 7.32. The Morgan fingerprint density at radius 1 is 1.38 bits per heavy atom. The van der Waals surface area contributed by atoms with Gasteiger partial charge in [0, 0.05) is 31.2 Å². The molecule has 2 rings (SSSR count). The third kappa shape index (κ3) is 2.12. The standard InChI is InChI=1S/C12H16N4/c1-9-5-14-4-3-11(9)7-16-8-15-6-12(16)10(2)13/h3-6,8,10H,7,13H2,1-2H3/t10-/m1/s1. The third-order valence-corrected chi connectivity index (χ3v) is 2.69. The molecular formula is C12H16N4. The first-order chi connectivity index (χ1) is 7.68. The van der Waals surface area contributed by atoms with Crippen molar-refractivity contribution in [2.24, 2.45) is 5.73 Å². The zero-order chi connectivity index (χ0) is 11.5. The summed E-state index contributed by atoms with van der Waals surface area (Å²) in [6, 6.07) is 2.03. The van der Waals surface area contributed by atoms with Gasteiger partial charge >= 0.3 is 0 Å². The Balaban J connectivity index is 2.27. The van der Waals surface area contributed by atoms with Crippen LogP contribution in [0.1, 0.15) is 29.8 Å². The van der Waals surface area contributed by atoms with E-state index in [9.17, 15) is 0 Å². The number of hydrogen-bond acceptors (Lipinski definition) is 3. The van der Waals surface area contributed by atoms with Gasteiger partial charge < -0.3 is 10.3 Å². The molecule has 2 aromatic rings. The number of hydrogen-bond donors (Lipinski definition) is 1. The predicted molar refractivity (Wildman–Crippen MR) is 62.9 cm³/mol. The van der Waals surface area contributed by atoms with Crippen molar-refractivity contribution in [3.8, 4) is 0 Å². The van der Waals surface area contributed by atoms with Crippen LogP contribution in [0, 0.1) is 6.92 Å². The SMILES string of the molecule is Cc1cnccc1Cn1cncc1[C@@H](C)N. The van der Waals surface area contributed by atoms with Crippen LogP contribution in [0.15, 0.2) is 31.0 Å². The first-order valence-corrected chi connectivity index (χ1v) is 5.33. The highest BCUT2D eigenvalue weighted by atomic mass is 15.1. The largest absolute Gasteiger partial charge is 0.329 e. The van der Waals surface area contributed by atoms with Crippen LogP contribution < -0.4 is 5.73 Å². The van der Waals surface area contributed by atoms with Gasteiger partial charge in [0.05, 0.1) is 12.0 Å². The van der Waals surface area contributed by atoms with Crippen LogP contribution in [0.25, 0.3) is 0 Å². The van der Waals surface area contributed by atoms with E-state index in [1.807, 2.05) is 37.9 Å². The molecule has 4 nitrogen and oxygen atoms in total. The molecule has 1 atom stereocenters. The fourth-order valence-corrected chi connectivity index (χ4v) is 1.71. The summed E-state index contributed by atoms with van der Waals surface area (Å²) in [5.41, 5.74) is 9.36. The summed E-state index contributed by atoms with van der Waals surface area (Å²) < 4.78 is 2.08. The van der Waals surface area contributed by atoms with Gasteiger partial charge in [0.2, 0.25) is 0 Å². The summed E-state index contributed by atoms with van der Waals surface area (Å²) in [7, 11) is 0. The Labute approximate surface area is 95.1 Å². The van der Waals surface area contributed by atoms with Crippen LogP contribution >= 0.6 is 0 Å². The van der Waals surface area contributed by atoms with Crippen molar-refractivity contribution in [3.63, 3.8) is 0 Å². The fraction of sp³-hybridized carbons (Fsp3) is 0.333. The molecule has 16 heavy (non-hydrogen) atoms. The number of nitrogens with two attached hydrogens (primary N) is 1. The molecule has 0 unspecified atom stereocenters. The van der Waals surface area contributed by atoms with Crippen molar-refractivity contribution in [1.29, 1.82) is 0 Å². The maximum absolute atomic E-state index is 5.88. The molecule has 0 aromatic carbocycles. The molecular weight excluding hydrogens is 200 g/mol. The molecule has 0 fully saturated rings. The molecule has 0 aliphatic heterocycles. The molecule has 2 heterocycles. The predicted octanol–water partition coefficient (Wildman–Crippen LogP) is 1.65. The maximum atomic E-state index is 5.88. The molecule has 2 aromatic heterocycles. The van der Waals surface area contributed by atoms with E-state index >= 15 is 0 Å². The highest BCUT2D eigenvalue weighted by Crippen LogP contribution is 2.13. The van der Waals surface area contributed by atoms with Crippen LogP contribution in [0.5, 0.6) is 0 Å². The second-order valence-electron chi connectivity index (χ2n) is 4.04. The minimum absolute atomic E-state index is 0.00430. The molecule has 0 radical (unpaired) electrons. The Morgan fingerprint density at radius 3 is 2.88 bits per heavy atom. The van der Waals surface area contributed by atoms with Gasteiger partial charge in [-0.1, -0.05) is 0 Å². The minimum atomic E-state index is 0.00430. The van der Waals surface area contributed by atoms with Crippen molar-refractivity contribution < 1.29 is 0 Å². The quantitative estimate of drug-likeness (QED) is 0.848. The summed E-state index contributed by atoms with van der Waals surface area (Å²) >= 11 is 0. The van der Waals surface area contributed by atoms with Crippen LogP contribution in [-0.4, -0.2) is 14.5 Å². The molecule has 0 saturated carbocycles. The van der Waals surface area contributed by atoms with Gasteiger partial charge in [-0.2, -0.15) is 0 Å². The van der Waals surface area contributed by atoms with E-state index in [-0.39, 0.29) is 6.04 Å². The highest BCUT2D eigenvalue weighted by Gasteiger charge is 2.07. The van der Waals surface area contributed by atoms with Gasteiger partial charge in [0.15, 0.2) is 0 Å². The van der Waals surface area contributed by atoms with Crippen molar-refractivity contribution in [2.45, 2.75) is 26.4 Å². The minimum Gasteiger partial charge on any atom is -0.329 e. The van der Waals surface area contributed by atoms with Gasteiger partial charge in [0.25, 0.3) is 0 Å². The van der Waals surface area contributed by atoms with Gasteiger partial charge in [-0.25, -0.2) is 4.98 Å². The summed E-state index contributed by atoms with van der Waals surface area (Å²) in [6.45, 7) is 4.82. The van der Waals surface area contributed by atoms with Crippen molar-refractivity contribution in [2.75, 3.05) is 0 Å². The van der Waals surface area contributed by atoms with Crippen LogP contribution in [-0.2, 0) is 6.54 Å². The topological polar surface area (TPSA) is 56.7 Å². The number of aromatic nitrogens is 3. The number of pyridine rings is 1. The number of rotatable bonds is 3. The smallest absolute Gasteiger partial charge is 0.0951 e. The second kappa shape index (κ2) is 4.45. The van der Waals surface area contributed by atoms with E-state index in [4.69, 9.17) is 5.73 Å².